The van der Waals surface area contributed by atoms with E-state index < -0.39 is 0 Å². The minimum Gasteiger partial charge on any atom is -0.455 e. The van der Waals surface area contributed by atoms with Gasteiger partial charge in [-0.1, -0.05) is 123 Å². The Morgan fingerprint density at radius 1 is 0.667 bits per heavy atom. The summed E-state index contributed by atoms with van der Waals surface area (Å²) in [5, 5.41) is 2.35. The Bertz CT molecular complexity index is 2530. The number of rotatable bonds is 4. The van der Waals surface area contributed by atoms with Crippen molar-refractivity contribution in [1.82, 2.24) is 0 Å². The van der Waals surface area contributed by atoms with Crippen LogP contribution in [0, 0.1) is 0 Å². The first kappa shape index (κ1) is 30.2. The molecule has 0 radical (unpaired) electrons. The summed E-state index contributed by atoms with van der Waals surface area (Å²) >= 11 is 0. The van der Waals surface area contributed by atoms with Crippen molar-refractivity contribution in [3.05, 3.63) is 168 Å². The summed E-state index contributed by atoms with van der Waals surface area (Å²) in [5.74, 6) is 0.580. The standard InChI is InChI=1S/C47H35NO.C2H6/c1-3-10-30(11-4-1)31-18-21-35(22-19-31)48-41-24-20-33(37-15-9-16-39-38-14-7-8-17-43(38)49-46(37)39)28-40(41)47-27-26-34(29-47)44-36(23-25-42(48)45(44)47)32-12-5-2-6-13-32;1-2/h1,3-5,7-25,28,34H,2,6,26-27,29H2;1-2H3. The normalized spacial score (nSPS) is 19.5. The van der Waals surface area contributed by atoms with Crippen molar-refractivity contribution in [2.75, 3.05) is 4.90 Å². The fraction of sp³-hybridized carbons (Fsp3) is 0.184. The SMILES string of the molecule is C1=CC(c2ccc3c4c2C2CCC4(C2)c2cc(-c4cccc5c4oc4ccccc45)ccc2N3c2ccc(-c3ccccc3)cc2)=CCC1.CC. The van der Waals surface area contributed by atoms with Crippen molar-refractivity contribution in [2.24, 2.45) is 0 Å². The molecule has 51 heavy (non-hydrogen) atoms. The number of fused-ring (bicyclic) bond motifs is 6. The third kappa shape index (κ3) is 4.42. The van der Waals surface area contributed by atoms with Crippen molar-refractivity contribution >= 4 is 44.6 Å². The molecule has 2 heteroatoms. The molecule has 1 spiro atoms. The van der Waals surface area contributed by atoms with Crippen molar-refractivity contribution < 1.29 is 4.42 Å². The molecule has 2 bridgehead atoms. The molecule has 7 aromatic rings. The molecule has 0 amide bonds. The summed E-state index contributed by atoms with van der Waals surface area (Å²) in [7, 11) is 0. The Balaban J connectivity index is 0.00000161. The van der Waals surface area contributed by atoms with Gasteiger partial charge in [-0.15, -0.1) is 0 Å². The highest BCUT2D eigenvalue weighted by atomic mass is 16.3. The second-order valence-electron chi connectivity index (χ2n) is 14.3. The lowest BCUT2D eigenvalue weighted by Gasteiger charge is -2.44. The molecule has 11 rings (SSSR count). The third-order valence-electron chi connectivity index (χ3n) is 11.9. The molecule has 2 unspecified atom stereocenters. The van der Waals surface area contributed by atoms with E-state index in [4.69, 9.17) is 4.42 Å². The van der Waals surface area contributed by atoms with E-state index in [-0.39, 0.29) is 5.41 Å². The number of benzene rings is 6. The summed E-state index contributed by atoms with van der Waals surface area (Å²) < 4.78 is 6.56. The molecule has 2 nitrogen and oxygen atoms in total. The second-order valence-corrected chi connectivity index (χ2v) is 14.3. The van der Waals surface area contributed by atoms with Crippen molar-refractivity contribution in [3.8, 4) is 22.3 Å². The van der Waals surface area contributed by atoms with E-state index in [1.54, 1.807) is 11.1 Å². The van der Waals surface area contributed by atoms with Gasteiger partial charge in [0.25, 0.3) is 0 Å². The van der Waals surface area contributed by atoms with E-state index in [9.17, 15) is 0 Å². The van der Waals surface area contributed by atoms with E-state index in [1.807, 2.05) is 13.8 Å². The predicted molar refractivity (Wildman–Crippen MR) is 214 cm³/mol. The molecular formula is C49H41NO. The summed E-state index contributed by atoms with van der Waals surface area (Å²) in [4.78, 5) is 2.55. The smallest absolute Gasteiger partial charge is 0.143 e. The minimum absolute atomic E-state index is 0.0118. The molecule has 6 aromatic carbocycles. The number of furan rings is 1. The first-order valence-electron chi connectivity index (χ1n) is 18.8. The Morgan fingerprint density at radius 3 is 2.27 bits per heavy atom. The number of allylic oxidation sites excluding steroid dienone is 4. The van der Waals surface area contributed by atoms with Crippen LogP contribution >= 0.6 is 0 Å². The topological polar surface area (TPSA) is 16.4 Å². The first-order valence-corrected chi connectivity index (χ1v) is 18.8. The van der Waals surface area contributed by atoms with Crippen LogP contribution in [-0.4, -0.2) is 0 Å². The Morgan fingerprint density at radius 2 is 1.43 bits per heavy atom. The maximum atomic E-state index is 6.56. The van der Waals surface area contributed by atoms with Gasteiger partial charge in [0.15, 0.2) is 0 Å². The molecule has 0 saturated heterocycles. The highest BCUT2D eigenvalue weighted by molar-refractivity contribution is 6.09. The van der Waals surface area contributed by atoms with E-state index in [0.717, 1.165) is 29.6 Å². The predicted octanol–water partition coefficient (Wildman–Crippen LogP) is 14.0. The zero-order chi connectivity index (χ0) is 34.1. The zero-order valence-corrected chi connectivity index (χ0v) is 29.3. The maximum Gasteiger partial charge on any atom is 0.143 e. The van der Waals surface area contributed by atoms with Crippen molar-refractivity contribution in [2.45, 2.75) is 57.3 Å². The van der Waals surface area contributed by atoms with Crippen LogP contribution in [0.15, 0.2) is 150 Å². The van der Waals surface area contributed by atoms with E-state index >= 15 is 0 Å². The lowest BCUT2D eigenvalue weighted by atomic mass is 9.68. The van der Waals surface area contributed by atoms with Crippen LogP contribution in [0.4, 0.5) is 17.1 Å². The van der Waals surface area contributed by atoms with Crippen LogP contribution in [0.5, 0.6) is 0 Å². The molecule has 1 aliphatic heterocycles. The summed E-state index contributed by atoms with van der Waals surface area (Å²) in [6, 6.07) is 47.0. The summed E-state index contributed by atoms with van der Waals surface area (Å²) in [6.45, 7) is 4.00. The highest BCUT2D eigenvalue weighted by Gasteiger charge is 2.56. The Labute approximate surface area is 300 Å². The molecule has 1 fully saturated rings. The van der Waals surface area contributed by atoms with Crippen LogP contribution in [0.2, 0.25) is 0 Å². The molecule has 2 atom stereocenters. The molecule has 248 valence electrons. The van der Waals surface area contributed by atoms with Crippen LogP contribution in [0.3, 0.4) is 0 Å². The monoisotopic (exact) mass is 659 g/mol. The number of hydrogen-bond donors (Lipinski definition) is 0. The van der Waals surface area contributed by atoms with Gasteiger partial charge in [0, 0.05) is 27.4 Å². The van der Waals surface area contributed by atoms with Gasteiger partial charge < -0.3 is 9.32 Å². The Kier molecular flexibility index (Phi) is 6.96. The fourth-order valence-corrected chi connectivity index (χ4v) is 9.78. The molecule has 1 aromatic heterocycles. The summed E-state index contributed by atoms with van der Waals surface area (Å²) in [5.41, 5.74) is 18.2. The van der Waals surface area contributed by atoms with Gasteiger partial charge in [0.1, 0.15) is 11.2 Å². The Hall–Kier alpha value is -5.60. The van der Waals surface area contributed by atoms with Crippen molar-refractivity contribution in [3.63, 3.8) is 0 Å². The van der Waals surface area contributed by atoms with E-state index in [2.05, 4.69) is 151 Å². The maximum absolute atomic E-state index is 6.56. The number of nitrogens with zero attached hydrogens (tertiary/aromatic N) is 1. The molecular weight excluding hydrogens is 619 g/mol. The van der Waals surface area contributed by atoms with Gasteiger partial charge in [-0.2, -0.15) is 0 Å². The number of hydrogen-bond acceptors (Lipinski definition) is 2. The van der Waals surface area contributed by atoms with E-state index in [1.165, 1.54) is 80.5 Å². The first-order chi connectivity index (χ1) is 25.3. The lowest BCUT2D eigenvalue weighted by Crippen LogP contribution is -2.33. The van der Waals surface area contributed by atoms with Crippen LogP contribution in [-0.2, 0) is 5.41 Å². The fourth-order valence-electron chi connectivity index (χ4n) is 9.78. The highest BCUT2D eigenvalue weighted by Crippen LogP contribution is 2.68. The second kappa shape index (κ2) is 11.7. The molecule has 4 aliphatic rings. The van der Waals surface area contributed by atoms with Gasteiger partial charge in [-0.25, -0.2) is 0 Å². The van der Waals surface area contributed by atoms with E-state index in [0.29, 0.717) is 5.92 Å². The van der Waals surface area contributed by atoms with Gasteiger partial charge in [0.05, 0.1) is 11.4 Å². The quantitative estimate of drug-likeness (QED) is 0.187. The van der Waals surface area contributed by atoms with Crippen LogP contribution < -0.4 is 4.90 Å². The van der Waals surface area contributed by atoms with Crippen LogP contribution in [0.1, 0.15) is 74.1 Å². The lowest BCUT2D eigenvalue weighted by molar-refractivity contribution is 0.544. The average molecular weight is 660 g/mol. The minimum atomic E-state index is 0.0118. The summed E-state index contributed by atoms with van der Waals surface area (Å²) in [6.07, 6.45) is 13.1. The third-order valence-corrected chi connectivity index (χ3v) is 11.9. The molecule has 1 saturated carbocycles. The molecule has 2 heterocycles. The average Bonchev–Trinajstić information content (AvgIpc) is 3.92. The van der Waals surface area contributed by atoms with Crippen LogP contribution in [0.25, 0.3) is 49.8 Å². The van der Waals surface area contributed by atoms with Crippen molar-refractivity contribution in [1.29, 1.82) is 0 Å². The largest absolute Gasteiger partial charge is 0.455 e. The number of anilines is 3. The molecule has 0 N–H and O–H groups in total. The molecule has 3 aliphatic carbocycles. The van der Waals surface area contributed by atoms with Gasteiger partial charge >= 0.3 is 0 Å². The van der Waals surface area contributed by atoms with Gasteiger partial charge in [0.2, 0.25) is 0 Å². The number of para-hydroxylation sites is 2. The van der Waals surface area contributed by atoms with Gasteiger partial charge in [-0.3, -0.25) is 0 Å². The van der Waals surface area contributed by atoms with Gasteiger partial charge in [-0.05, 0) is 119 Å². The zero-order valence-electron chi connectivity index (χ0n) is 29.3.